The molecule has 0 radical (unpaired) electrons. The molecule has 0 spiro atoms. The molecule has 1 aromatic carbocycles. The normalized spacial score (nSPS) is 20.3. The summed E-state index contributed by atoms with van der Waals surface area (Å²) in [6.45, 7) is 3.27. The van der Waals surface area contributed by atoms with Gasteiger partial charge in [-0.3, -0.25) is 9.59 Å². The van der Waals surface area contributed by atoms with Crippen LogP contribution < -0.4 is 9.44 Å². The molecule has 0 saturated carbocycles. The molecule has 1 aliphatic rings. The van der Waals surface area contributed by atoms with E-state index in [-0.39, 0.29) is 19.4 Å². The number of nitrogens with zero attached hydrogens (tertiary/aromatic N) is 1. The molecule has 0 unspecified atom stereocenters. The number of carboxylic acids is 2. The van der Waals surface area contributed by atoms with Gasteiger partial charge in [0.15, 0.2) is 5.54 Å². The van der Waals surface area contributed by atoms with Crippen LogP contribution in [0.2, 0.25) is 0 Å². The molecule has 1 amide bonds. The largest absolute Gasteiger partial charge is 0.481 e. The first-order chi connectivity index (χ1) is 14.0. The fraction of sp³-hybridized carbons (Fsp3) is 0.526. The highest BCUT2D eigenvalue weighted by Crippen LogP contribution is 2.34. The van der Waals surface area contributed by atoms with E-state index in [2.05, 4.69) is 9.44 Å². The molecule has 1 aliphatic heterocycles. The van der Waals surface area contributed by atoms with Crippen LogP contribution in [0.15, 0.2) is 30.3 Å². The molecule has 4 N–H and O–H groups in total. The minimum atomic E-state index is -4.07. The zero-order chi connectivity index (χ0) is 22.5. The summed E-state index contributed by atoms with van der Waals surface area (Å²) in [5.41, 5.74) is -1.24. The molecule has 1 fully saturated rings. The maximum Gasteiger partial charge on any atom is 0.330 e. The number of benzene rings is 1. The van der Waals surface area contributed by atoms with Crippen LogP contribution in [-0.2, 0) is 31.0 Å². The lowest BCUT2D eigenvalue weighted by molar-refractivity contribution is -0.161. The first-order valence-corrected chi connectivity index (χ1v) is 11.1. The van der Waals surface area contributed by atoms with Gasteiger partial charge in [-0.2, -0.15) is 17.9 Å². The van der Waals surface area contributed by atoms with Crippen molar-refractivity contribution in [2.45, 2.75) is 57.2 Å². The van der Waals surface area contributed by atoms with E-state index >= 15 is 0 Å². The average Bonchev–Trinajstić information content (AvgIpc) is 3.04. The summed E-state index contributed by atoms with van der Waals surface area (Å²) in [5, 5.41) is 19.0. The van der Waals surface area contributed by atoms with E-state index in [9.17, 15) is 33.0 Å². The monoisotopic (exact) mass is 441 g/mol. The Morgan fingerprint density at radius 3 is 2.30 bits per heavy atom. The van der Waals surface area contributed by atoms with Crippen molar-refractivity contribution in [3.05, 3.63) is 35.9 Å². The predicted octanol–water partition coefficient (Wildman–Crippen LogP) is 0.351. The molecular formula is C19H27N3O7S. The minimum absolute atomic E-state index is 0.0159. The second-order valence-electron chi connectivity index (χ2n) is 7.64. The van der Waals surface area contributed by atoms with E-state index < -0.39 is 52.1 Å². The number of likely N-dealkylation sites (tertiary alicyclic amines) is 1. The standard InChI is InChI=1S/C19H27N3O7S/c1-13(2)20-30(28,29)21-15(11-14-7-4-3-5-8-14)17(25)22-10-6-9-19(22,18(26)27)12-16(23)24/h3-5,7-8,13,15,20-21H,6,9-12H2,1-2H3,(H,23,24)(H,26,27)/t15-,19-/m1/s1. The van der Waals surface area contributed by atoms with Gasteiger partial charge in [-0.15, -0.1) is 0 Å². The number of hydrogen-bond donors (Lipinski definition) is 4. The van der Waals surface area contributed by atoms with Crippen LogP contribution >= 0.6 is 0 Å². The number of rotatable bonds is 10. The van der Waals surface area contributed by atoms with Gasteiger partial charge < -0.3 is 15.1 Å². The summed E-state index contributed by atoms with van der Waals surface area (Å²) in [4.78, 5) is 37.6. The average molecular weight is 442 g/mol. The maximum absolute atomic E-state index is 13.3. The van der Waals surface area contributed by atoms with Gasteiger partial charge in [0.05, 0.1) is 6.42 Å². The molecule has 10 nitrogen and oxygen atoms in total. The second kappa shape index (κ2) is 9.54. The Balaban J connectivity index is 2.39. The highest BCUT2D eigenvalue weighted by atomic mass is 32.2. The molecule has 2 rings (SSSR count). The molecule has 1 saturated heterocycles. The number of carboxylic acid groups (broad SMARTS) is 2. The molecule has 2 atom stereocenters. The Labute approximate surface area is 175 Å². The van der Waals surface area contributed by atoms with Gasteiger partial charge in [0, 0.05) is 12.6 Å². The van der Waals surface area contributed by atoms with Gasteiger partial charge in [0.2, 0.25) is 5.91 Å². The fourth-order valence-electron chi connectivity index (χ4n) is 3.68. The van der Waals surface area contributed by atoms with Crippen LogP contribution in [0.25, 0.3) is 0 Å². The van der Waals surface area contributed by atoms with Crippen LogP contribution in [0.4, 0.5) is 0 Å². The van der Waals surface area contributed by atoms with Crippen molar-refractivity contribution < 1.29 is 33.0 Å². The summed E-state index contributed by atoms with van der Waals surface area (Å²) in [7, 11) is -4.07. The first kappa shape index (κ1) is 23.8. The summed E-state index contributed by atoms with van der Waals surface area (Å²) in [6.07, 6.45) is -0.489. The van der Waals surface area contributed by atoms with Crippen molar-refractivity contribution in [2.75, 3.05) is 6.54 Å². The predicted molar refractivity (Wildman–Crippen MR) is 108 cm³/mol. The van der Waals surface area contributed by atoms with Gasteiger partial charge in [-0.25, -0.2) is 4.79 Å². The highest BCUT2D eigenvalue weighted by Gasteiger charge is 2.52. The smallest absolute Gasteiger partial charge is 0.330 e. The van der Waals surface area contributed by atoms with Crippen LogP contribution in [0.5, 0.6) is 0 Å². The zero-order valence-corrected chi connectivity index (χ0v) is 17.7. The molecular weight excluding hydrogens is 414 g/mol. The molecule has 30 heavy (non-hydrogen) atoms. The van der Waals surface area contributed by atoms with Crippen molar-refractivity contribution in [1.82, 2.24) is 14.3 Å². The quantitative estimate of drug-likeness (QED) is 0.409. The SMILES string of the molecule is CC(C)NS(=O)(=O)N[C@H](Cc1ccccc1)C(=O)N1CCC[C@@]1(CC(=O)O)C(=O)O. The van der Waals surface area contributed by atoms with Crippen molar-refractivity contribution in [2.24, 2.45) is 0 Å². The molecule has 0 aromatic heterocycles. The lowest BCUT2D eigenvalue weighted by Crippen LogP contribution is -2.60. The van der Waals surface area contributed by atoms with E-state index in [1.807, 2.05) is 0 Å². The Hall–Kier alpha value is -2.50. The van der Waals surface area contributed by atoms with Gasteiger partial charge in [-0.1, -0.05) is 30.3 Å². The zero-order valence-electron chi connectivity index (χ0n) is 16.9. The second-order valence-corrected chi connectivity index (χ2v) is 9.12. The van der Waals surface area contributed by atoms with Gasteiger partial charge in [-0.05, 0) is 38.7 Å². The van der Waals surface area contributed by atoms with Crippen molar-refractivity contribution >= 4 is 28.1 Å². The number of carbonyl (C=O) groups excluding carboxylic acids is 1. The van der Waals surface area contributed by atoms with E-state index in [4.69, 9.17) is 0 Å². The molecule has 11 heteroatoms. The lowest BCUT2D eigenvalue weighted by atomic mass is 9.91. The molecule has 1 aromatic rings. The van der Waals surface area contributed by atoms with Crippen molar-refractivity contribution in [1.29, 1.82) is 0 Å². The topological polar surface area (TPSA) is 153 Å². The van der Waals surface area contributed by atoms with Crippen molar-refractivity contribution in [3.8, 4) is 0 Å². The third-order valence-electron chi connectivity index (χ3n) is 4.87. The molecule has 0 bridgehead atoms. The fourth-order valence-corrected chi connectivity index (χ4v) is 4.93. The van der Waals surface area contributed by atoms with E-state index in [1.54, 1.807) is 44.2 Å². The van der Waals surface area contributed by atoms with E-state index in [1.165, 1.54) is 0 Å². The number of amides is 1. The summed E-state index contributed by atoms with van der Waals surface area (Å²) in [6, 6.07) is 6.96. The maximum atomic E-state index is 13.3. The number of hydrogen-bond acceptors (Lipinski definition) is 5. The molecule has 0 aliphatic carbocycles. The Bertz CT molecular complexity index is 889. The van der Waals surface area contributed by atoms with E-state index in [0.29, 0.717) is 12.0 Å². The van der Waals surface area contributed by atoms with Gasteiger partial charge >= 0.3 is 11.9 Å². The Morgan fingerprint density at radius 2 is 1.77 bits per heavy atom. The first-order valence-electron chi connectivity index (χ1n) is 9.57. The van der Waals surface area contributed by atoms with Crippen LogP contribution in [0, 0.1) is 0 Å². The molecule has 1 heterocycles. The van der Waals surface area contributed by atoms with Crippen molar-refractivity contribution in [3.63, 3.8) is 0 Å². The minimum Gasteiger partial charge on any atom is -0.481 e. The highest BCUT2D eigenvalue weighted by molar-refractivity contribution is 7.87. The van der Waals surface area contributed by atoms with Crippen LogP contribution in [0.3, 0.4) is 0 Å². The Morgan fingerprint density at radius 1 is 1.13 bits per heavy atom. The Kier molecular flexibility index (Phi) is 7.56. The summed E-state index contributed by atoms with van der Waals surface area (Å²) >= 11 is 0. The summed E-state index contributed by atoms with van der Waals surface area (Å²) in [5.74, 6) is -3.54. The number of nitrogens with one attached hydrogen (secondary N) is 2. The van der Waals surface area contributed by atoms with E-state index in [0.717, 1.165) is 4.90 Å². The van der Waals surface area contributed by atoms with Gasteiger partial charge in [0.1, 0.15) is 6.04 Å². The third kappa shape index (κ3) is 5.77. The lowest BCUT2D eigenvalue weighted by Gasteiger charge is -2.36. The third-order valence-corrected chi connectivity index (χ3v) is 6.24. The number of aliphatic carboxylic acids is 2. The summed E-state index contributed by atoms with van der Waals surface area (Å²) < 4.78 is 29.5. The molecule has 166 valence electrons. The number of carbonyl (C=O) groups is 3. The van der Waals surface area contributed by atoms with Gasteiger partial charge in [0.25, 0.3) is 10.2 Å². The van der Waals surface area contributed by atoms with Crippen LogP contribution in [-0.4, -0.2) is 65.5 Å². The van der Waals surface area contributed by atoms with Crippen LogP contribution in [0.1, 0.15) is 38.7 Å².